The third-order valence-corrected chi connectivity index (χ3v) is 3.08. The molecule has 0 saturated carbocycles. The minimum Gasteiger partial charge on any atom is -0.480 e. The zero-order valence-corrected chi connectivity index (χ0v) is 11.6. The monoisotopic (exact) mass is 285 g/mol. The Morgan fingerprint density at radius 2 is 2.24 bits per heavy atom. The van der Waals surface area contributed by atoms with Gasteiger partial charge in [0.2, 0.25) is 0 Å². The van der Waals surface area contributed by atoms with Gasteiger partial charge in [-0.1, -0.05) is 18.2 Å². The first-order chi connectivity index (χ1) is 10.2. The summed E-state index contributed by atoms with van der Waals surface area (Å²) in [6, 6.07) is 9.43. The number of nitrogens with zero attached hydrogens (tertiary/aromatic N) is 3. The van der Waals surface area contributed by atoms with Crippen LogP contribution in [0, 0.1) is 11.3 Å². The number of aromatic nitrogens is 1. The zero-order valence-electron chi connectivity index (χ0n) is 11.6. The van der Waals surface area contributed by atoms with Crippen LogP contribution in [0.1, 0.15) is 5.56 Å². The second-order valence-corrected chi connectivity index (χ2v) is 4.46. The molecule has 108 valence electrons. The van der Waals surface area contributed by atoms with Gasteiger partial charge in [-0.25, -0.2) is 0 Å². The topological polar surface area (TPSA) is 86.5 Å². The highest BCUT2D eigenvalue weighted by molar-refractivity contribution is 5.95. The first kappa shape index (κ1) is 14.8. The molecule has 0 unspecified atom stereocenters. The molecule has 6 heteroatoms. The number of para-hydroxylation sites is 1. The molecule has 1 aromatic heterocycles. The summed E-state index contributed by atoms with van der Waals surface area (Å²) in [5.74, 6) is -0.962. The average molecular weight is 285 g/mol. The number of hydrogen-bond donors (Lipinski definition) is 1. The Morgan fingerprint density at radius 3 is 2.90 bits per heavy atom. The van der Waals surface area contributed by atoms with Crippen LogP contribution < -0.4 is 4.90 Å². The lowest BCUT2D eigenvalue weighted by Gasteiger charge is -2.24. The lowest BCUT2D eigenvalue weighted by atomic mass is 10.1. The van der Waals surface area contributed by atoms with E-state index >= 15 is 0 Å². The highest BCUT2D eigenvalue weighted by atomic mass is 16.5. The van der Waals surface area contributed by atoms with E-state index in [2.05, 4.69) is 11.1 Å². The largest absolute Gasteiger partial charge is 0.480 e. The average Bonchev–Trinajstić information content (AvgIpc) is 2.50. The summed E-state index contributed by atoms with van der Waals surface area (Å²) in [7, 11) is 1.55. The van der Waals surface area contributed by atoms with Crippen molar-refractivity contribution in [3.63, 3.8) is 0 Å². The number of anilines is 1. The number of pyridine rings is 1. The Balaban J connectivity index is 2.58. The quantitative estimate of drug-likeness (QED) is 0.868. The summed E-state index contributed by atoms with van der Waals surface area (Å²) in [6.45, 7) is 0.548. The molecule has 0 bridgehead atoms. The number of fused-ring (bicyclic) bond motifs is 1. The Kier molecular flexibility index (Phi) is 4.69. The first-order valence-electron chi connectivity index (χ1n) is 6.41. The van der Waals surface area contributed by atoms with Crippen molar-refractivity contribution >= 4 is 22.6 Å². The van der Waals surface area contributed by atoms with Crippen LogP contribution in [0.5, 0.6) is 0 Å². The number of rotatable bonds is 6. The second-order valence-electron chi connectivity index (χ2n) is 4.46. The van der Waals surface area contributed by atoms with E-state index in [0.717, 1.165) is 10.9 Å². The molecule has 0 saturated heterocycles. The van der Waals surface area contributed by atoms with Crippen molar-refractivity contribution in [2.45, 2.75) is 0 Å². The van der Waals surface area contributed by atoms with Gasteiger partial charge in [0.05, 0.1) is 23.4 Å². The Labute approximate surface area is 122 Å². The molecule has 0 radical (unpaired) electrons. The van der Waals surface area contributed by atoms with E-state index in [-0.39, 0.29) is 6.54 Å². The number of carbonyl (C=O) groups is 1. The van der Waals surface area contributed by atoms with Gasteiger partial charge in [0, 0.05) is 25.2 Å². The standard InChI is InChI=1S/C15H15N3O3/c1-21-7-6-18(10-14(19)20)15-11(8-16)9-17-13-5-3-2-4-12(13)15/h2-5,9H,6-7,10H2,1H3,(H,19,20). The first-order valence-corrected chi connectivity index (χ1v) is 6.41. The van der Waals surface area contributed by atoms with Crippen molar-refractivity contribution in [2.24, 2.45) is 0 Å². The zero-order chi connectivity index (χ0) is 15.2. The summed E-state index contributed by atoms with van der Waals surface area (Å²) in [5, 5.41) is 19.1. The molecule has 6 nitrogen and oxygen atoms in total. The molecule has 0 amide bonds. The Morgan fingerprint density at radius 1 is 1.48 bits per heavy atom. The van der Waals surface area contributed by atoms with E-state index in [1.165, 1.54) is 6.20 Å². The lowest BCUT2D eigenvalue weighted by molar-refractivity contribution is -0.135. The third-order valence-electron chi connectivity index (χ3n) is 3.08. The predicted octanol–water partition coefficient (Wildman–Crippen LogP) is 1.64. The Bertz CT molecular complexity index is 694. The maximum absolute atomic E-state index is 11.1. The van der Waals surface area contributed by atoms with Crippen LogP contribution in [0.25, 0.3) is 10.9 Å². The van der Waals surface area contributed by atoms with E-state index in [0.29, 0.717) is 24.4 Å². The molecule has 21 heavy (non-hydrogen) atoms. The van der Waals surface area contributed by atoms with Gasteiger partial charge in [-0.2, -0.15) is 5.26 Å². The summed E-state index contributed by atoms with van der Waals surface area (Å²) >= 11 is 0. The molecular weight excluding hydrogens is 270 g/mol. The van der Waals surface area contributed by atoms with Crippen LogP contribution in [-0.2, 0) is 9.53 Å². The van der Waals surface area contributed by atoms with E-state index < -0.39 is 5.97 Å². The summed E-state index contributed by atoms with van der Waals surface area (Å²) in [6.07, 6.45) is 1.47. The van der Waals surface area contributed by atoms with E-state index in [9.17, 15) is 10.1 Å². The Hall–Kier alpha value is -2.65. The number of methoxy groups -OCH3 is 1. The summed E-state index contributed by atoms with van der Waals surface area (Å²) in [5.41, 5.74) is 1.66. The second kappa shape index (κ2) is 6.68. The van der Waals surface area contributed by atoms with E-state index in [4.69, 9.17) is 9.84 Å². The number of carboxylic acids is 1. The highest BCUT2D eigenvalue weighted by Crippen LogP contribution is 2.29. The van der Waals surface area contributed by atoms with Gasteiger partial charge in [-0.3, -0.25) is 9.78 Å². The van der Waals surface area contributed by atoms with Crippen LogP contribution in [0.3, 0.4) is 0 Å². The van der Waals surface area contributed by atoms with Gasteiger partial charge >= 0.3 is 5.97 Å². The van der Waals surface area contributed by atoms with E-state index in [1.54, 1.807) is 12.0 Å². The lowest BCUT2D eigenvalue weighted by Crippen LogP contribution is -2.33. The molecule has 0 spiro atoms. The molecule has 0 atom stereocenters. The van der Waals surface area contributed by atoms with Gasteiger partial charge in [-0.15, -0.1) is 0 Å². The molecule has 0 fully saturated rings. The molecular formula is C15H15N3O3. The SMILES string of the molecule is COCCN(CC(=O)O)c1c(C#N)cnc2ccccc12. The van der Waals surface area contributed by atoms with Crippen molar-refractivity contribution in [3.05, 3.63) is 36.0 Å². The van der Waals surface area contributed by atoms with Crippen LogP contribution in [0.2, 0.25) is 0 Å². The molecule has 0 aliphatic carbocycles. The highest BCUT2D eigenvalue weighted by Gasteiger charge is 2.18. The summed E-state index contributed by atoms with van der Waals surface area (Å²) in [4.78, 5) is 17.0. The van der Waals surface area contributed by atoms with Gasteiger partial charge in [0.15, 0.2) is 0 Å². The number of benzene rings is 1. The fourth-order valence-corrected chi connectivity index (χ4v) is 2.18. The number of carboxylic acid groups (broad SMARTS) is 1. The minimum atomic E-state index is -0.962. The molecule has 2 rings (SSSR count). The minimum absolute atomic E-state index is 0.202. The fraction of sp³-hybridized carbons (Fsp3) is 0.267. The van der Waals surface area contributed by atoms with Crippen molar-refractivity contribution in [3.8, 4) is 6.07 Å². The van der Waals surface area contributed by atoms with Crippen molar-refractivity contribution in [1.29, 1.82) is 5.26 Å². The fourth-order valence-electron chi connectivity index (χ4n) is 2.18. The maximum atomic E-state index is 11.1. The van der Waals surface area contributed by atoms with Gasteiger partial charge in [0.25, 0.3) is 0 Å². The number of aliphatic carboxylic acids is 1. The van der Waals surface area contributed by atoms with E-state index in [1.807, 2.05) is 24.3 Å². The maximum Gasteiger partial charge on any atom is 0.323 e. The third kappa shape index (κ3) is 3.27. The molecule has 0 aliphatic heterocycles. The van der Waals surface area contributed by atoms with Crippen LogP contribution in [-0.4, -0.2) is 42.9 Å². The molecule has 1 aromatic carbocycles. The van der Waals surface area contributed by atoms with Crippen LogP contribution in [0.15, 0.2) is 30.5 Å². The van der Waals surface area contributed by atoms with Crippen molar-refractivity contribution in [2.75, 3.05) is 31.7 Å². The number of nitriles is 1. The predicted molar refractivity (Wildman–Crippen MR) is 78.2 cm³/mol. The van der Waals surface area contributed by atoms with Gasteiger partial charge in [0.1, 0.15) is 12.6 Å². The van der Waals surface area contributed by atoms with Gasteiger partial charge in [-0.05, 0) is 6.07 Å². The number of hydrogen-bond acceptors (Lipinski definition) is 5. The molecule has 0 aliphatic rings. The normalized spacial score (nSPS) is 10.3. The van der Waals surface area contributed by atoms with Gasteiger partial charge < -0.3 is 14.7 Å². The van der Waals surface area contributed by atoms with Crippen LogP contribution >= 0.6 is 0 Å². The molecule has 1 heterocycles. The van der Waals surface area contributed by atoms with Crippen molar-refractivity contribution < 1.29 is 14.6 Å². The number of ether oxygens (including phenoxy) is 1. The van der Waals surface area contributed by atoms with Crippen LogP contribution in [0.4, 0.5) is 5.69 Å². The molecule has 2 aromatic rings. The smallest absolute Gasteiger partial charge is 0.323 e. The summed E-state index contributed by atoms with van der Waals surface area (Å²) < 4.78 is 5.03. The molecule has 1 N–H and O–H groups in total. The van der Waals surface area contributed by atoms with Crippen molar-refractivity contribution in [1.82, 2.24) is 4.98 Å².